The van der Waals surface area contributed by atoms with Crippen LogP contribution in [-0.4, -0.2) is 106 Å². The molecule has 8 aromatic carbocycles. The van der Waals surface area contributed by atoms with Gasteiger partial charge in [0.2, 0.25) is 0 Å². The molecule has 18 nitrogen and oxygen atoms in total. The van der Waals surface area contributed by atoms with Crippen molar-refractivity contribution >= 4 is 160 Å². The van der Waals surface area contributed by atoms with Crippen LogP contribution in [0.4, 0.5) is 34.1 Å². The van der Waals surface area contributed by atoms with E-state index in [1.165, 1.54) is 50.6 Å². The number of phenols is 1. The van der Waals surface area contributed by atoms with Crippen molar-refractivity contribution in [3.8, 4) is 23.0 Å². The number of phenolic OH excluding ortho intramolecular Hbond substituents is 1. The third-order valence-corrected chi connectivity index (χ3v) is 13.6. The minimum Gasteiger partial charge on any atom is -0.871 e. The summed E-state index contributed by atoms with van der Waals surface area (Å²) in [6.07, 6.45) is 0.837. The topological polar surface area (TPSA) is 284 Å². The van der Waals surface area contributed by atoms with Crippen LogP contribution in [0.1, 0.15) is 40.9 Å². The Kier molecular flexibility index (Phi) is 19.3. The predicted octanol–water partition coefficient (Wildman–Crippen LogP) is 11.5. The largest absolute Gasteiger partial charge is 2.00 e. The number of rotatable bonds is 14. The van der Waals surface area contributed by atoms with Gasteiger partial charge in [0.1, 0.15) is 38.4 Å². The number of halogens is 2. The normalized spacial score (nSPS) is 11.9. The number of azo groups is 2. The van der Waals surface area contributed by atoms with E-state index >= 15 is 0 Å². The average Bonchev–Trinajstić information content (AvgIpc) is 3.37. The summed E-state index contributed by atoms with van der Waals surface area (Å²) in [6.45, 7) is 3.55. The Morgan fingerprint density at radius 2 is 1.11 bits per heavy atom. The van der Waals surface area contributed by atoms with Gasteiger partial charge in [-0.15, -0.1) is 15.3 Å². The number of amides is 1. The zero-order chi connectivity index (χ0) is 53.5. The number of hydrogen-bond donors (Lipinski definition) is 4. The monoisotopic (exact) mass is 1210 g/mol. The summed E-state index contributed by atoms with van der Waals surface area (Å²) in [5, 5.41) is 58.6. The van der Waals surface area contributed by atoms with Crippen molar-refractivity contribution in [2.45, 2.75) is 36.5 Å². The van der Waals surface area contributed by atoms with Gasteiger partial charge < -0.3 is 30.1 Å². The Labute approximate surface area is 481 Å². The first-order chi connectivity index (χ1) is 35.2. The molecule has 0 saturated heterocycles. The van der Waals surface area contributed by atoms with Gasteiger partial charge >= 0.3 is 48.9 Å². The minimum absolute atomic E-state index is 0. The molecule has 0 heterocycles. The van der Waals surface area contributed by atoms with E-state index in [1.54, 1.807) is 111 Å². The van der Waals surface area contributed by atoms with Crippen molar-refractivity contribution in [3.05, 3.63) is 166 Å². The molecule has 0 atom stereocenters. The minimum atomic E-state index is -4.67. The molecule has 380 valence electrons. The number of carbonyl (C=O) groups is 1. The first kappa shape index (κ1) is 57.9. The van der Waals surface area contributed by atoms with Gasteiger partial charge in [0.25, 0.3) is 26.1 Å². The van der Waals surface area contributed by atoms with E-state index in [1.807, 2.05) is 0 Å². The Balaban J connectivity index is 0.000000241. The molecule has 0 bridgehead atoms. The van der Waals surface area contributed by atoms with E-state index in [0.717, 1.165) is 0 Å². The van der Waals surface area contributed by atoms with Crippen LogP contribution in [0.5, 0.6) is 23.0 Å². The molecule has 0 aliphatic heterocycles. The molecule has 4 N–H and O–H groups in total. The molecule has 0 fully saturated rings. The third-order valence-electron chi connectivity index (χ3n) is 11.1. The van der Waals surface area contributed by atoms with Gasteiger partial charge in [-0.2, -0.15) is 21.9 Å². The molecule has 0 aliphatic carbocycles. The van der Waals surface area contributed by atoms with E-state index in [2.05, 4.69) is 30.8 Å². The van der Waals surface area contributed by atoms with Gasteiger partial charge in [0, 0.05) is 38.6 Å². The fourth-order valence-electron chi connectivity index (χ4n) is 7.41. The van der Waals surface area contributed by atoms with Gasteiger partial charge in [0.05, 0.1) is 31.2 Å². The molecule has 8 aromatic rings. The summed E-state index contributed by atoms with van der Waals surface area (Å²) < 4.78 is 77.6. The Bertz CT molecular complexity index is 3830. The Morgan fingerprint density at radius 3 is 1.63 bits per heavy atom. The van der Waals surface area contributed by atoms with Gasteiger partial charge in [-0.05, 0) is 107 Å². The molecule has 0 spiro atoms. The Morgan fingerprint density at radius 1 is 0.627 bits per heavy atom. The number of aromatic hydroxyl groups is 1. The Hall–Kier alpha value is -6.41. The second-order valence-corrected chi connectivity index (χ2v) is 19.4. The van der Waals surface area contributed by atoms with E-state index < -0.39 is 53.3 Å². The molecule has 0 aromatic heterocycles. The quantitative estimate of drug-likeness (QED) is 0.0260. The zero-order valence-corrected chi connectivity index (χ0v) is 47.7. The number of carbonyl (C=O) groups excluding carboxylic acids is 1. The summed E-state index contributed by atoms with van der Waals surface area (Å²) >= 11 is 12.5. The molecule has 0 aliphatic rings. The molecule has 0 saturated carbocycles. The van der Waals surface area contributed by atoms with Gasteiger partial charge in [-0.25, -0.2) is 0 Å². The molecule has 23 heteroatoms. The van der Waals surface area contributed by atoms with Crippen molar-refractivity contribution < 1.29 is 55.5 Å². The SMILES string of the molecule is CCc1cc(S(=O)(=O)O)c(N=Nc2c(O)c(C(=O)Nc3cccc(OC)c3)cc3ccccc23)cc1Cl.CCc1cc(S(=O)(=O)O)c(N=Nc2c([O-])c(C([O-])=Nc3cccc(OC)c3)cc3ccccc23)cc1Cl.[Ba+2]. The average molecular weight is 1220 g/mol. The third kappa shape index (κ3) is 13.7. The number of methoxy groups -OCH3 is 2. The maximum Gasteiger partial charge on any atom is 2.00 e. The van der Waals surface area contributed by atoms with Gasteiger partial charge in [0.15, 0.2) is 5.75 Å². The van der Waals surface area contributed by atoms with E-state index in [-0.39, 0.29) is 92.8 Å². The molecule has 8 rings (SSSR count). The molecule has 75 heavy (non-hydrogen) atoms. The van der Waals surface area contributed by atoms with Crippen LogP contribution >= 0.6 is 23.2 Å². The van der Waals surface area contributed by atoms with E-state index in [0.29, 0.717) is 68.4 Å². The number of aryl methyl sites for hydroxylation is 2. The van der Waals surface area contributed by atoms with Gasteiger partial charge in [-0.1, -0.05) is 103 Å². The number of nitrogens with one attached hydrogen (secondary N) is 1. The number of anilines is 1. The number of fused-ring (bicyclic) bond motifs is 2. The summed E-state index contributed by atoms with van der Waals surface area (Å²) in [5.74, 6) is -1.59. The number of ether oxygens (including phenoxy) is 2. The first-order valence-corrected chi connectivity index (χ1v) is 25.6. The molecule has 1 amide bonds. The number of aliphatic imine (C=N–C) groups is 1. The second-order valence-electron chi connectivity index (χ2n) is 15.8. The van der Waals surface area contributed by atoms with E-state index in [4.69, 9.17) is 32.7 Å². The van der Waals surface area contributed by atoms with Gasteiger partial charge in [-0.3, -0.25) is 18.9 Å². The van der Waals surface area contributed by atoms with Crippen molar-refractivity contribution in [2.75, 3.05) is 19.5 Å². The van der Waals surface area contributed by atoms with Crippen molar-refractivity contribution in [3.63, 3.8) is 0 Å². The van der Waals surface area contributed by atoms with Crippen LogP contribution in [0.2, 0.25) is 10.0 Å². The van der Waals surface area contributed by atoms with Crippen molar-refractivity contribution in [1.82, 2.24) is 0 Å². The van der Waals surface area contributed by atoms with Crippen molar-refractivity contribution in [1.29, 1.82) is 0 Å². The number of nitrogens with zero attached hydrogens (tertiary/aromatic N) is 5. The van der Waals surface area contributed by atoms with E-state index in [9.17, 15) is 46.1 Å². The van der Waals surface area contributed by atoms with Crippen LogP contribution < -0.4 is 25.0 Å². The first-order valence-electron chi connectivity index (χ1n) is 22.0. The van der Waals surface area contributed by atoms with Crippen LogP contribution in [0.3, 0.4) is 0 Å². The van der Waals surface area contributed by atoms with Crippen LogP contribution in [-0.2, 0) is 33.1 Å². The predicted molar refractivity (Wildman–Crippen MR) is 285 cm³/mol. The fourth-order valence-corrected chi connectivity index (χ4v) is 9.30. The summed E-state index contributed by atoms with van der Waals surface area (Å²) in [6, 6.07) is 34.6. The molecule has 0 unspecified atom stereocenters. The van der Waals surface area contributed by atoms with Crippen LogP contribution in [0, 0.1) is 0 Å². The molecular formula is C52H42BaCl2N6O12S2. The van der Waals surface area contributed by atoms with Crippen LogP contribution in [0.15, 0.2) is 169 Å². The summed E-state index contributed by atoms with van der Waals surface area (Å²) in [7, 11) is -6.34. The van der Waals surface area contributed by atoms with Crippen LogP contribution in [0.25, 0.3) is 21.5 Å². The summed E-state index contributed by atoms with van der Waals surface area (Å²) in [5.41, 5.74) is 0.657. The smallest absolute Gasteiger partial charge is 0.871 e. The molecule has 0 radical (unpaired) electrons. The standard InChI is InChI=1S/2C26H22ClN3O6S.Ba/c2*1-3-15-12-23(37(33,34)35)22(14-21(15)27)29-30-24-19-10-5-4-7-16(19)11-20(25(24)31)26(32)28-17-8-6-9-18(13-17)36-2;/h2*4-14,31H,3H2,1-2H3,(H,28,32)(H,33,34,35);/q;;+2/p-2. The van der Waals surface area contributed by atoms with Crippen molar-refractivity contribution in [2.24, 2.45) is 25.4 Å². The molecular weight excluding hydrogens is 1170 g/mol. The maximum atomic E-state index is 13.4. The zero-order valence-electron chi connectivity index (χ0n) is 40.1. The maximum absolute atomic E-state index is 13.4. The number of hydrogen-bond acceptors (Lipinski definition) is 15. The second kappa shape index (κ2) is 25.0. The fraction of sp³-hybridized carbons (Fsp3) is 0.115. The number of benzene rings is 8. The summed E-state index contributed by atoms with van der Waals surface area (Å²) in [4.78, 5) is 16.1.